The van der Waals surface area contributed by atoms with Gasteiger partial charge in [0.05, 0.1) is 26.0 Å². The number of rotatable bonds is 4. The summed E-state index contributed by atoms with van der Waals surface area (Å²) in [7, 11) is 3.24. The Balaban J connectivity index is 1.79. The fraction of sp³-hybridized carbons (Fsp3) is 0.368. The van der Waals surface area contributed by atoms with Gasteiger partial charge in [0.1, 0.15) is 5.65 Å². The van der Waals surface area contributed by atoms with Crippen molar-refractivity contribution in [3.63, 3.8) is 0 Å². The first-order valence-corrected chi connectivity index (χ1v) is 8.69. The van der Waals surface area contributed by atoms with Gasteiger partial charge in [0.2, 0.25) is 5.95 Å². The first-order chi connectivity index (χ1) is 12.7. The molecule has 0 spiro atoms. The van der Waals surface area contributed by atoms with Gasteiger partial charge in [-0.2, -0.15) is 0 Å². The summed E-state index contributed by atoms with van der Waals surface area (Å²) < 4.78 is 12.7. The summed E-state index contributed by atoms with van der Waals surface area (Å²) in [5.41, 5.74) is 2.60. The van der Waals surface area contributed by atoms with E-state index >= 15 is 0 Å². The zero-order valence-corrected chi connectivity index (χ0v) is 14.9. The minimum absolute atomic E-state index is 0.224. The number of methoxy groups -OCH3 is 2. The maximum absolute atomic E-state index is 9.79. The Morgan fingerprint density at radius 2 is 1.85 bits per heavy atom. The molecule has 1 saturated heterocycles. The second-order valence-corrected chi connectivity index (χ2v) is 6.38. The number of nitrogens with zero attached hydrogens (tertiary/aromatic N) is 4. The van der Waals surface area contributed by atoms with Crippen LogP contribution < -0.4 is 14.4 Å². The molecule has 136 valence electrons. The molecule has 7 nitrogen and oxygen atoms in total. The Kier molecular flexibility index (Phi) is 4.38. The quantitative estimate of drug-likeness (QED) is 0.776. The summed E-state index contributed by atoms with van der Waals surface area (Å²) in [6.45, 7) is 1.55. The van der Waals surface area contributed by atoms with Crippen molar-refractivity contribution < 1.29 is 14.6 Å². The number of aliphatic hydroxyl groups is 1. The molecule has 1 N–H and O–H groups in total. The average Bonchev–Trinajstić information content (AvgIpc) is 3.16. The average molecular weight is 354 g/mol. The lowest BCUT2D eigenvalue weighted by Crippen LogP contribution is -2.37. The first kappa shape index (κ1) is 16.7. The summed E-state index contributed by atoms with van der Waals surface area (Å²) in [4.78, 5) is 11.5. The van der Waals surface area contributed by atoms with Crippen LogP contribution in [-0.2, 0) is 0 Å². The van der Waals surface area contributed by atoms with Crippen molar-refractivity contribution in [1.29, 1.82) is 0 Å². The topological polar surface area (TPSA) is 72.1 Å². The van der Waals surface area contributed by atoms with Crippen molar-refractivity contribution in [3.8, 4) is 22.8 Å². The fourth-order valence-electron chi connectivity index (χ4n) is 3.34. The van der Waals surface area contributed by atoms with Crippen molar-refractivity contribution in [3.05, 3.63) is 36.7 Å². The number of hydrogen-bond donors (Lipinski definition) is 1. The van der Waals surface area contributed by atoms with E-state index in [2.05, 4.69) is 9.88 Å². The van der Waals surface area contributed by atoms with Gasteiger partial charge in [0.25, 0.3) is 0 Å². The lowest BCUT2D eigenvalue weighted by molar-refractivity contribution is 0.145. The van der Waals surface area contributed by atoms with Crippen molar-refractivity contribution in [2.75, 3.05) is 32.2 Å². The SMILES string of the molecule is COc1ccc(-c2cc3nccn3c(N3CCC(O)CC3)n2)cc1OC. The third-order valence-corrected chi connectivity index (χ3v) is 4.80. The molecule has 26 heavy (non-hydrogen) atoms. The molecule has 1 fully saturated rings. The van der Waals surface area contributed by atoms with E-state index in [-0.39, 0.29) is 6.10 Å². The normalized spacial score (nSPS) is 15.4. The van der Waals surface area contributed by atoms with E-state index in [0.29, 0.717) is 11.5 Å². The summed E-state index contributed by atoms with van der Waals surface area (Å²) in [5.74, 6) is 2.19. The fourth-order valence-corrected chi connectivity index (χ4v) is 3.34. The van der Waals surface area contributed by atoms with Crippen molar-refractivity contribution in [2.24, 2.45) is 0 Å². The Labute approximate surface area is 151 Å². The van der Waals surface area contributed by atoms with Gasteiger partial charge in [0, 0.05) is 37.1 Å². The minimum atomic E-state index is -0.224. The van der Waals surface area contributed by atoms with Gasteiger partial charge in [-0.15, -0.1) is 0 Å². The molecular formula is C19H22N4O3. The molecule has 0 saturated carbocycles. The molecule has 2 aromatic heterocycles. The van der Waals surface area contributed by atoms with Gasteiger partial charge in [-0.3, -0.25) is 4.40 Å². The molecule has 0 aliphatic carbocycles. The molecule has 0 unspecified atom stereocenters. The molecule has 0 atom stereocenters. The molecule has 4 rings (SSSR count). The van der Waals surface area contributed by atoms with E-state index in [1.54, 1.807) is 20.4 Å². The highest BCUT2D eigenvalue weighted by Crippen LogP contribution is 2.33. The second kappa shape index (κ2) is 6.84. The molecule has 3 aromatic rings. The number of aliphatic hydroxyl groups excluding tert-OH is 1. The smallest absolute Gasteiger partial charge is 0.211 e. The molecule has 0 radical (unpaired) electrons. The first-order valence-electron chi connectivity index (χ1n) is 8.69. The third-order valence-electron chi connectivity index (χ3n) is 4.80. The molecule has 0 bridgehead atoms. The summed E-state index contributed by atoms with van der Waals surface area (Å²) in [6, 6.07) is 7.73. The van der Waals surface area contributed by atoms with Crippen molar-refractivity contribution in [2.45, 2.75) is 18.9 Å². The standard InChI is InChI=1S/C19H22N4O3/c1-25-16-4-3-13(11-17(16)26-2)15-12-18-20-7-10-23(18)19(21-15)22-8-5-14(24)6-9-22/h3-4,7,10-12,14,24H,5-6,8-9H2,1-2H3. The van der Waals surface area contributed by atoms with Gasteiger partial charge >= 0.3 is 0 Å². The van der Waals surface area contributed by atoms with E-state index in [1.165, 1.54) is 0 Å². The summed E-state index contributed by atoms with van der Waals surface area (Å²) in [6.07, 6.45) is 4.97. The van der Waals surface area contributed by atoms with E-state index < -0.39 is 0 Å². The van der Waals surface area contributed by atoms with E-state index in [0.717, 1.165) is 48.8 Å². The number of ether oxygens (including phenoxy) is 2. The number of imidazole rings is 1. The predicted molar refractivity (Wildman–Crippen MR) is 99.0 cm³/mol. The Hall–Kier alpha value is -2.80. The lowest BCUT2D eigenvalue weighted by Gasteiger charge is -2.31. The molecule has 1 aliphatic rings. The van der Waals surface area contributed by atoms with Crippen LogP contribution in [0, 0.1) is 0 Å². The van der Waals surface area contributed by atoms with Gasteiger partial charge in [-0.25, -0.2) is 9.97 Å². The van der Waals surface area contributed by atoms with Gasteiger partial charge < -0.3 is 19.5 Å². The predicted octanol–water partition coefficient (Wildman–Crippen LogP) is 2.37. The number of fused-ring (bicyclic) bond motifs is 1. The van der Waals surface area contributed by atoms with Crippen molar-refractivity contribution >= 4 is 11.6 Å². The summed E-state index contributed by atoms with van der Waals surface area (Å²) in [5, 5.41) is 9.79. The maximum atomic E-state index is 9.79. The number of hydrogen-bond acceptors (Lipinski definition) is 6. The second-order valence-electron chi connectivity index (χ2n) is 6.38. The highest BCUT2D eigenvalue weighted by atomic mass is 16.5. The molecule has 3 heterocycles. The Morgan fingerprint density at radius 1 is 1.08 bits per heavy atom. The lowest BCUT2D eigenvalue weighted by atomic mass is 10.1. The highest BCUT2D eigenvalue weighted by molar-refractivity contribution is 5.69. The molecule has 1 aliphatic heterocycles. The van der Waals surface area contributed by atoms with Gasteiger partial charge in [-0.05, 0) is 31.0 Å². The van der Waals surface area contributed by atoms with Gasteiger partial charge in [-0.1, -0.05) is 0 Å². The third kappa shape index (κ3) is 2.94. The monoisotopic (exact) mass is 354 g/mol. The van der Waals surface area contributed by atoms with E-state index in [9.17, 15) is 5.11 Å². The number of piperidine rings is 1. The Morgan fingerprint density at radius 3 is 2.58 bits per heavy atom. The maximum Gasteiger partial charge on any atom is 0.211 e. The van der Waals surface area contributed by atoms with Crippen LogP contribution in [0.5, 0.6) is 11.5 Å². The molecule has 1 aromatic carbocycles. The molecular weight excluding hydrogens is 332 g/mol. The van der Waals surface area contributed by atoms with Crippen LogP contribution >= 0.6 is 0 Å². The van der Waals surface area contributed by atoms with Gasteiger partial charge in [0.15, 0.2) is 11.5 Å². The zero-order chi connectivity index (χ0) is 18.1. The number of benzene rings is 1. The van der Waals surface area contributed by atoms with Crippen LogP contribution in [0.15, 0.2) is 36.7 Å². The van der Waals surface area contributed by atoms with Crippen molar-refractivity contribution in [1.82, 2.24) is 14.4 Å². The van der Waals surface area contributed by atoms with Crippen LogP contribution in [0.4, 0.5) is 5.95 Å². The number of aromatic nitrogens is 3. The van der Waals surface area contributed by atoms with Crippen LogP contribution in [0.25, 0.3) is 16.9 Å². The molecule has 0 amide bonds. The zero-order valence-electron chi connectivity index (χ0n) is 14.9. The molecule has 7 heteroatoms. The van der Waals surface area contributed by atoms with Crippen LogP contribution in [-0.4, -0.2) is 52.9 Å². The van der Waals surface area contributed by atoms with Crippen LogP contribution in [0.3, 0.4) is 0 Å². The van der Waals surface area contributed by atoms with Crippen LogP contribution in [0.2, 0.25) is 0 Å². The van der Waals surface area contributed by atoms with E-state index in [1.807, 2.05) is 34.9 Å². The largest absolute Gasteiger partial charge is 0.493 e. The number of anilines is 1. The highest BCUT2D eigenvalue weighted by Gasteiger charge is 2.21. The Bertz CT molecular complexity index is 916. The van der Waals surface area contributed by atoms with Crippen LogP contribution in [0.1, 0.15) is 12.8 Å². The van der Waals surface area contributed by atoms with E-state index in [4.69, 9.17) is 14.5 Å². The minimum Gasteiger partial charge on any atom is -0.493 e. The summed E-state index contributed by atoms with van der Waals surface area (Å²) >= 11 is 0.